The SMILES string of the molecule is CC(NC(=O)C1CC1C(=O)O)c1cccc(F)c1F. The predicted octanol–water partition coefficient (Wildman–Crippen LogP) is 1.86. The van der Waals surface area contributed by atoms with Crippen molar-refractivity contribution in [1.29, 1.82) is 0 Å². The van der Waals surface area contributed by atoms with Crippen molar-refractivity contribution >= 4 is 11.9 Å². The first-order valence-electron chi connectivity index (χ1n) is 5.89. The number of rotatable bonds is 4. The quantitative estimate of drug-likeness (QED) is 0.876. The Morgan fingerprint density at radius 2 is 2.05 bits per heavy atom. The van der Waals surface area contributed by atoms with Gasteiger partial charge in [-0.2, -0.15) is 0 Å². The highest BCUT2D eigenvalue weighted by Gasteiger charge is 2.48. The first-order valence-corrected chi connectivity index (χ1v) is 5.89. The van der Waals surface area contributed by atoms with E-state index in [1.165, 1.54) is 19.1 Å². The zero-order chi connectivity index (χ0) is 14.2. The molecule has 2 N–H and O–H groups in total. The maximum absolute atomic E-state index is 13.5. The third-order valence-electron chi connectivity index (χ3n) is 3.25. The molecular weight excluding hydrogens is 256 g/mol. The van der Waals surface area contributed by atoms with E-state index in [2.05, 4.69) is 5.32 Å². The Kier molecular flexibility index (Phi) is 3.50. The second-order valence-electron chi connectivity index (χ2n) is 4.66. The third-order valence-corrected chi connectivity index (χ3v) is 3.25. The van der Waals surface area contributed by atoms with Gasteiger partial charge >= 0.3 is 5.97 Å². The van der Waals surface area contributed by atoms with E-state index in [1.807, 2.05) is 0 Å². The molecule has 4 nitrogen and oxygen atoms in total. The van der Waals surface area contributed by atoms with E-state index in [-0.39, 0.29) is 5.56 Å². The van der Waals surface area contributed by atoms with Crippen LogP contribution in [0.25, 0.3) is 0 Å². The minimum absolute atomic E-state index is 0.0425. The number of hydrogen-bond acceptors (Lipinski definition) is 2. The summed E-state index contributed by atoms with van der Waals surface area (Å²) in [7, 11) is 0. The van der Waals surface area contributed by atoms with Crippen molar-refractivity contribution in [2.45, 2.75) is 19.4 Å². The maximum atomic E-state index is 13.5. The fraction of sp³-hybridized carbons (Fsp3) is 0.385. The Balaban J connectivity index is 2.02. The van der Waals surface area contributed by atoms with Gasteiger partial charge in [0.25, 0.3) is 0 Å². The Morgan fingerprint density at radius 1 is 1.37 bits per heavy atom. The highest BCUT2D eigenvalue weighted by Crippen LogP contribution is 2.39. The first-order chi connectivity index (χ1) is 8.91. The highest BCUT2D eigenvalue weighted by atomic mass is 19.2. The van der Waals surface area contributed by atoms with Crippen molar-refractivity contribution < 1.29 is 23.5 Å². The van der Waals surface area contributed by atoms with E-state index < -0.39 is 41.4 Å². The van der Waals surface area contributed by atoms with Crippen LogP contribution in [0, 0.1) is 23.5 Å². The van der Waals surface area contributed by atoms with E-state index in [0.29, 0.717) is 6.42 Å². The molecule has 1 aliphatic rings. The van der Waals surface area contributed by atoms with E-state index in [0.717, 1.165) is 6.07 Å². The zero-order valence-corrected chi connectivity index (χ0v) is 10.2. The molecular formula is C13H13F2NO3. The number of amides is 1. The number of hydrogen-bond donors (Lipinski definition) is 2. The Morgan fingerprint density at radius 3 is 2.63 bits per heavy atom. The molecule has 2 rings (SSSR count). The molecule has 0 heterocycles. The maximum Gasteiger partial charge on any atom is 0.307 e. The molecule has 0 spiro atoms. The molecule has 1 saturated carbocycles. The molecule has 1 fully saturated rings. The van der Waals surface area contributed by atoms with Gasteiger partial charge in [0.15, 0.2) is 11.6 Å². The molecule has 0 aliphatic heterocycles. The average molecular weight is 269 g/mol. The number of benzene rings is 1. The van der Waals surface area contributed by atoms with E-state index >= 15 is 0 Å². The normalized spacial score (nSPS) is 22.7. The fourth-order valence-electron chi connectivity index (χ4n) is 2.01. The summed E-state index contributed by atoms with van der Waals surface area (Å²) in [6, 6.07) is 3.02. The van der Waals surface area contributed by atoms with Crippen LogP contribution in [0.2, 0.25) is 0 Å². The van der Waals surface area contributed by atoms with E-state index in [4.69, 9.17) is 5.11 Å². The lowest BCUT2D eigenvalue weighted by Gasteiger charge is -2.15. The molecule has 6 heteroatoms. The summed E-state index contributed by atoms with van der Waals surface area (Å²) in [6.07, 6.45) is 0.291. The monoisotopic (exact) mass is 269 g/mol. The second kappa shape index (κ2) is 4.95. The van der Waals surface area contributed by atoms with E-state index in [1.54, 1.807) is 0 Å². The lowest BCUT2D eigenvalue weighted by Crippen LogP contribution is -2.29. The van der Waals surface area contributed by atoms with Gasteiger partial charge in [0.2, 0.25) is 5.91 Å². The van der Waals surface area contributed by atoms with Gasteiger partial charge in [-0.05, 0) is 19.4 Å². The average Bonchev–Trinajstić information content (AvgIpc) is 3.12. The summed E-state index contributed by atoms with van der Waals surface area (Å²) >= 11 is 0. The molecule has 19 heavy (non-hydrogen) atoms. The van der Waals surface area contributed by atoms with Crippen LogP contribution in [0.3, 0.4) is 0 Å². The van der Waals surface area contributed by atoms with Gasteiger partial charge in [0.1, 0.15) is 0 Å². The van der Waals surface area contributed by atoms with Gasteiger partial charge in [-0.1, -0.05) is 12.1 Å². The molecule has 1 aromatic rings. The topological polar surface area (TPSA) is 66.4 Å². The molecule has 102 valence electrons. The molecule has 3 unspecified atom stereocenters. The molecule has 0 saturated heterocycles. The van der Waals surface area contributed by atoms with Crippen molar-refractivity contribution in [1.82, 2.24) is 5.32 Å². The summed E-state index contributed by atoms with van der Waals surface area (Å²) in [6.45, 7) is 1.52. The van der Waals surface area contributed by atoms with Crippen LogP contribution in [0.5, 0.6) is 0 Å². The Labute approximate surface area is 108 Å². The van der Waals surface area contributed by atoms with Crippen LogP contribution in [-0.4, -0.2) is 17.0 Å². The minimum atomic E-state index is -1.01. The zero-order valence-electron chi connectivity index (χ0n) is 10.2. The molecule has 0 bridgehead atoms. The summed E-state index contributed by atoms with van der Waals surface area (Å²) in [5.74, 6) is -4.66. The van der Waals surface area contributed by atoms with Gasteiger partial charge in [-0.25, -0.2) is 8.78 Å². The third kappa shape index (κ3) is 2.72. The summed E-state index contributed by atoms with van der Waals surface area (Å²) < 4.78 is 26.6. The van der Waals surface area contributed by atoms with Gasteiger partial charge in [-0.15, -0.1) is 0 Å². The number of aliphatic carboxylic acids is 1. The van der Waals surface area contributed by atoms with Crippen molar-refractivity contribution in [2.75, 3.05) is 0 Å². The molecule has 1 aliphatic carbocycles. The lowest BCUT2D eigenvalue weighted by molar-refractivity contribution is -0.140. The first kappa shape index (κ1) is 13.5. The number of carbonyl (C=O) groups excluding carboxylic acids is 1. The smallest absolute Gasteiger partial charge is 0.307 e. The number of halogens is 2. The summed E-state index contributed by atoms with van der Waals surface area (Å²) in [4.78, 5) is 22.4. The van der Waals surface area contributed by atoms with Crippen molar-refractivity contribution in [3.63, 3.8) is 0 Å². The second-order valence-corrected chi connectivity index (χ2v) is 4.66. The Hall–Kier alpha value is -1.98. The van der Waals surface area contributed by atoms with Gasteiger partial charge in [0.05, 0.1) is 17.9 Å². The molecule has 0 radical (unpaired) electrons. The minimum Gasteiger partial charge on any atom is -0.481 e. The predicted molar refractivity (Wildman–Crippen MR) is 62.1 cm³/mol. The van der Waals surface area contributed by atoms with E-state index in [9.17, 15) is 18.4 Å². The standard InChI is InChI=1S/C13H13F2NO3/c1-6(7-3-2-4-10(14)11(7)15)16-12(17)8-5-9(8)13(18)19/h2-4,6,8-9H,5H2,1H3,(H,16,17)(H,18,19). The van der Waals surface area contributed by atoms with Gasteiger partial charge in [0, 0.05) is 5.56 Å². The molecule has 1 aromatic carbocycles. The van der Waals surface area contributed by atoms with Crippen LogP contribution in [0.15, 0.2) is 18.2 Å². The molecule has 1 amide bonds. The van der Waals surface area contributed by atoms with Crippen LogP contribution < -0.4 is 5.32 Å². The molecule has 3 atom stereocenters. The Bertz CT molecular complexity index is 533. The van der Waals surface area contributed by atoms with Crippen molar-refractivity contribution in [3.8, 4) is 0 Å². The van der Waals surface area contributed by atoms with Gasteiger partial charge < -0.3 is 10.4 Å². The fourth-order valence-corrected chi connectivity index (χ4v) is 2.01. The number of carboxylic acid groups (broad SMARTS) is 1. The number of carbonyl (C=O) groups is 2. The lowest BCUT2D eigenvalue weighted by atomic mass is 10.1. The number of nitrogens with one attached hydrogen (secondary N) is 1. The van der Waals surface area contributed by atoms with Crippen molar-refractivity contribution in [3.05, 3.63) is 35.4 Å². The van der Waals surface area contributed by atoms with Gasteiger partial charge in [-0.3, -0.25) is 9.59 Å². The van der Waals surface area contributed by atoms with Crippen LogP contribution in [0.1, 0.15) is 24.9 Å². The number of carboxylic acids is 1. The highest BCUT2D eigenvalue weighted by molar-refractivity contribution is 5.89. The molecule has 0 aromatic heterocycles. The van der Waals surface area contributed by atoms with Crippen LogP contribution in [0.4, 0.5) is 8.78 Å². The van der Waals surface area contributed by atoms with Crippen LogP contribution in [-0.2, 0) is 9.59 Å². The van der Waals surface area contributed by atoms with Crippen molar-refractivity contribution in [2.24, 2.45) is 11.8 Å². The summed E-state index contributed by atoms with van der Waals surface area (Å²) in [5.41, 5.74) is 0.0425. The summed E-state index contributed by atoms with van der Waals surface area (Å²) in [5, 5.41) is 11.2. The van der Waals surface area contributed by atoms with Crippen LogP contribution >= 0.6 is 0 Å². The largest absolute Gasteiger partial charge is 0.481 e.